The number of aryl methyl sites for hydroxylation is 1. The first-order valence-corrected chi connectivity index (χ1v) is 15.9. The molecule has 1 saturated heterocycles. The quantitative estimate of drug-likeness (QED) is 0.328. The number of esters is 2. The van der Waals surface area contributed by atoms with Gasteiger partial charge in [0, 0.05) is 50.5 Å². The van der Waals surface area contributed by atoms with Crippen LogP contribution in [0.3, 0.4) is 0 Å². The van der Waals surface area contributed by atoms with E-state index in [1.165, 1.54) is 13.2 Å². The number of imidazole rings is 1. The Kier molecular flexibility index (Phi) is 8.40. The summed E-state index contributed by atoms with van der Waals surface area (Å²) in [5.41, 5.74) is 1.74. The molecule has 2 aromatic carbocycles. The van der Waals surface area contributed by atoms with Crippen LogP contribution in [0.15, 0.2) is 43.0 Å². The zero-order valence-electron chi connectivity index (χ0n) is 27.2. The molecule has 3 aromatic rings. The van der Waals surface area contributed by atoms with E-state index in [1.54, 1.807) is 42.5 Å². The van der Waals surface area contributed by atoms with Crippen LogP contribution in [0.4, 0.5) is 0 Å². The van der Waals surface area contributed by atoms with Crippen molar-refractivity contribution < 1.29 is 57.4 Å². The predicted molar refractivity (Wildman–Crippen MR) is 165 cm³/mol. The molecule has 4 heterocycles. The Morgan fingerprint density at radius 3 is 2.39 bits per heavy atom. The standard InChI is InChI=1S/C34H35N3O12/c1-16-29(40)31(47-17(2)38)32(48-18(3)39)34(46-16)49-26-10-19-22(13-23(26)43-4)33(42)37(8-5-7-36-9-6-35-14-36)28-20-11-24-25(45-15-44-24)12-21(20)30(41)27(19)28/h6,9-14,16,27-29,31-32,34,40H,5,7-8,15H2,1-4H3/t16-,27?,28?,29+,31+,32-,34-/m0/s1. The lowest BCUT2D eigenvalue weighted by molar-refractivity contribution is -0.277. The molecule has 1 amide bonds. The van der Waals surface area contributed by atoms with Crippen LogP contribution in [-0.4, -0.2) is 94.3 Å². The topological polar surface area (TPSA) is 174 Å². The Bertz CT molecular complexity index is 1810. The lowest BCUT2D eigenvalue weighted by Gasteiger charge is -2.42. The van der Waals surface area contributed by atoms with Gasteiger partial charge in [-0.1, -0.05) is 0 Å². The minimum absolute atomic E-state index is 0.0307. The van der Waals surface area contributed by atoms with Crippen LogP contribution in [0.5, 0.6) is 23.0 Å². The SMILES string of the molecule is COc1cc2c(cc1O[C@@H]1O[C@@H](C)[C@@H](O)[C@@H](OC(C)=O)[C@@H]1OC(C)=O)C1C(=O)c3cc4c(cc3C1N(CCCn1ccnc1)C2=O)OCO4. The number of ether oxygens (including phenoxy) is 7. The molecule has 15 nitrogen and oxygen atoms in total. The first kappa shape index (κ1) is 32.4. The molecule has 0 saturated carbocycles. The van der Waals surface area contributed by atoms with Crippen molar-refractivity contribution in [3.63, 3.8) is 0 Å². The molecular formula is C34H35N3O12. The van der Waals surface area contributed by atoms with Crippen LogP contribution >= 0.6 is 0 Å². The number of methoxy groups -OCH3 is 1. The van der Waals surface area contributed by atoms with Crippen LogP contribution in [0.25, 0.3) is 0 Å². The second-order valence-electron chi connectivity index (χ2n) is 12.3. The summed E-state index contributed by atoms with van der Waals surface area (Å²) < 4.78 is 41.8. The molecule has 4 aliphatic rings. The third-order valence-corrected chi connectivity index (χ3v) is 9.21. The first-order chi connectivity index (χ1) is 23.5. The van der Waals surface area contributed by atoms with Crippen molar-refractivity contribution in [1.29, 1.82) is 0 Å². The van der Waals surface area contributed by atoms with E-state index >= 15 is 0 Å². The molecule has 1 aliphatic carbocycles. The Morgan fingerprint density at radius 2 is 1.69 bits per heavy atom. The number of hydrogen-bond donors (Lipinski definition) is 1. The van der Waals surface area contributed by atoms with Crippen LogP contribution in [0, 0.1) is 0 Å². The number of nitrogens with zero attached hydrogens (tertiary/aromatic N) is 3. The molecule has 1 aromatic heterocycles. The van der Waals surface area contributed by atoms with Crippen molar-refractivity contribution in [2.24, 2.45) is 0 Å². The molecule has 7 rings (SSSR count). The fraction of sp³-hybridized carbons (Fsp3) is 0.441. The Hall–Kier alpha value is -5.15. The molecule has 3 aliphatic heterocycles. The number of rotatable bonds is 9. The highest BCUT2D eigenvalue weighted by Gasteiger charge is 2.52. The summed E-state index contributed by atoms with van der Waals surface area (Å²) in [6.07, 6.45) is -0.453. The second kappa shape index (κ2) is 12.7. The fourth-order valence-electron chi connectivity index (χ4n) is 7.05. The highest BCUT2D eigenvalue weighted by molar-refractivity contribution is 6.11. The molecule has 0 spiro atoms. The molecule has 7 atom stereocenters. The van der Waals surface area contributed by atoms with E-state index in [9.17, 15) is 24.3 Å². The van der Waals surface area contributed by atoms with E-state index in [4.69, 9.17) is 33.2 Å². The fourth-order valence-corrected chi connectivity index (χ4v) is 7.05. The number of fused-ring (bicyclic) bond motifs is 6. The van der Waals surface area contributed by atoms with E-state index in [1.807, 2.05) is 10.8 Å². The van der Waals surface area contributed by atoms with E-state index in [0.717, 1.165) is 13.8 Å². The number of hydrogen-bond acceptors (Lipinski definition) is 13. The van der Waals surface area contributed by atoms with Gasteiger partial charge < -0.3 is 47.7 Å². The van der Waals surface area contributed by atoms with Crippen molar-refractivity contribution in [2.75, 3.05) is 20.4 Å². The molecule has 15 heteroatoms. The minimum Gasteiger partial charge on any atom is -0.493 e. The normalized spacial score (nSPS) is 26.5. The molecule has 1 N–H and O–H groups in total. The Balaban J connectivity index is 1.28. The zero-order valence-corrected chi connectivity index (χ0v) is 27.2. The van der Waals surface area contributed by atoms with Gasteiger partial charge in [-0.25, -0.2) is 4.98 Å². The van der Waals surface area contributed by atoms with Gasteiger partial charge in [0.15, 0.2) is 34.9 Å². The zero-order chi connectivity index (χ0) is 34.6. The number of carbonyl (C=O) groups is 4. The van der Waals surface area contributed by atoms with Gasteiger partial charge in [-0.05, 0) is 48.7 Å². The van der Waals surface area contributed by atoms with Gasteiger partial charge in [0.1, 0.15) is 6.10 Å². The number of amides is 1. The van der Waals surface area contributed by atoms with Crippen LogP contribution in [0.2, 0.25) is 0 Å². The van der Waals surface area contributed by atoms with Gasteiger partial charge in [0.05, 0.1) is 31.5 Å². The number of aromatic nitrogens is 2. The number of ketones is 1. The van der Waals surface area contributed by atoms with Crippen LogP contribution in [-0.2, 0) is 30.3 Å². The average molecular weight is 678 g/mol. The van der Waals surface area contributed by atoms with Crippen molar-refractivity contribution in [3.8, 4) is 23.0 Å². The number of benzene rings is 2. The van der Waals surface area contributed by atoms with E-state index in [0.29, 0.717) is 47.7 Å². The van der Waals surface area contributed by atoms with Crippen molar-refractivity contribution >= 4 is 23.6 Å². The number of carbonyl (C=O) groups excluding carboxylic acids is 4. The molecule has 0 radical (unpaired) electrons. The average Bonchev–Trinajstić information content (AvgIpc) is 3.81. The highest BCUT2D eigenvalue weighted by Crippen LogP contribution is 2.54. The maximum Gasteiger partial charge on any atom is 0.303 e. The minimum atomic E-state index is -1.37. The lowest BCUT2D eigenvalue weighted by atomic mass is 9.82. The van der Waals surface area contributed by atoms with Gasteiger partial charge in [-0.2, -0.15) is 0 Å². The number of Topliss-reactive ketones (excluding diaryl/α,β-unsaturated/α-hetero) is 1. The maximum absolute atomic E-state index is 14.4. The summed E-state index contributed by atoms with van der Waals surface area (Å²) in [6.45, 7) is 4.86. The Morgan fingerprint density at radius 1 is 0.959 bits per heavy atom. The van der Waals surface area contributed by atoms with Gasteiger partial charge in [0.25, 0.3) is 5.91 Å². The maximum atomic E-state index is 14.4. The van der Waals surface area contributed by atoms with E-state index < -0.39 is 54.6 Å². The molecule has 258 valence electrons. The van der Waals surface area contributed by atoms with Crippen LogP contribution in [0.1, 0.15) is 71.0 Å². The van der Waals surface area contributed by atoms with Crippen LogP contribution < -0.4 is 18.9 Å². The van der Waals surface area contributed by atoms with Crippen molar-refractivity contribution in [2.45, 2.75) is 76.4 Å². The van der Waals surface area contributed by atoms with Crippen molar-refractivity contribution in [3.05, 3.63) is 65.2 Å². The summed E-state index contributed by atoms with van der Waals surface area (Å²) in [4.78, 5) is 58.5. The monoisotopic (exact) mass is 677 g/mol. The summed E-state index contributed by atoms with van der Waals surface area (Å²) >= 11 is 0. The summed E-state index contributed by atoms with van der Waals surface area (Å²) in [7, 11) is 1.39. The van der Waals surface area contributed by atoms with E-state index in [2.05, 4.69) is 4.98 Å². The van der Waals surface area contributed by atoms with Gasteiger partial charge in [-0.3, -0.25) is 19.2 Å². The number of aliphatic hydroxyl groups is 1. The highest BCUT2D eigenvalue weighted by atomic mass is 16.7. The van der Waals surface area contributed by atoms with Gasteiger partial charge >= 0.3 is 11.9 Å². The smallest absolute Gasteiger partial charge is 0.303 e. The third kappa shape index (κ3) is 5.72. The molecule has 0 bridgehead atoms. The Labute approximate surface area is 280 Å². The van der Waals surface area contributed by atoms with Gasteiger partial charge in [0.2, 0.25) is 19.2 Å². The summed E-state index contributed by atoms with van der Waals surface area (Å²) in [6, 6.07) is 5.85. The first-order valence-electron chi connectivity index (χ1n) is 15.9. The molecule has 1 fully saturated rings. The number of aliphatic hydroxyl groups excluding tert-OH is 1. The molecular weight excluding hydrogens is 642 g/mol. The predicted octanol–water partition coefficient (Wildman–Crippen LogP) is 2.54. The van der Waals surface area contributed by atoms with Gasteiger partial charge in [-0.15, -0.1) is 0 Å². The third-order valence-electron chi connectivity index (χ3n) is 9.21. The summed E-state index contributed by atoms with van der Waals surface area (Å²) in [5, 5.41) is 10.8. The summed E-state index contributed by atoms with van der Waals surface area (Å²) in [5.74, 6) is -1.59. The van der Waals surface area contributed by atoms with E-state index in [-0.39, 0.29) is 35.5 Å². The molecule has 2 unspecified atom stereocenters. The largest absolute Gasteiger partial charge is 0.493 e. The lowest BCUT2D eigenvalue weighted by Crippen LogP contribution is -2.60. The second-order valence-corrected chi connectivity index (χ2v) is 12.3. The van der Waals surface area contributed by atoms with Crippen molar-refractivity contribution in [1.82, 2.24) is 14.5 Å². The molecule has 49 heavy (non-hydrogen) atoms.